The fraction of sp³-hybridized carbons (Fsp3) is 0.333. The first kappa shape index (κ1) is 16.0. The minimum atomic E-state index is 0. The van der Waals surface area contributed by atoms with Crippen molar-refractivity contribution in [2.75, 3.05) is 13.1 Å². The van der Waals surface area contributed by atoms with Gasteiger partial charge in [0.25, 0.3) is 0 Å². The van der Waals surface area contributed by atoms with Crippen LogP contribution in [0.15, 0.2) is 25.3 Å². The first-order valence-corrected chi connectivity index (χ1v) is 2.34. The maximum Gasteiger partial charge on any atom is 0.0135 e. The van der Waals surface area contributed by atoms with Gasteiger partial charge in [-0.25, -0.2) is 0 Å². The van der Waals surface area contributed by atoms with Gasteiger partial charge in [-0.05, 0) is 0 Å². The second-order valence-electron chi connectivity index (χ2n) is 1.24. The molecule has 0 fully saturated rings. The highest BCUT2D eigenvalue weighted by Gasteiger charge is 1.69. The van der Waals surface area contributed by atoms with Crippen LogP contribution in [0.5, 0.6) is 0 Å². The van der Waals surface area contributed by atoms with Crippen LogP contribution in [0.25, 0.3) is 0 Å². The SMILES string of the molecule is C=CCNCC=C.Cl.[S]. The van der Waals surface area contributed by atoms with Gasteiger partial charge in [0.2, 0.25) is 0 Å². The van der Waals surface area contributed by atoms with Crippen LogP contribution in [-0.2, 0) is 0 Å². The van der Waals surface area contributed by atoms with Gasteiger partial charge >= 0.3 is 0 Å². The predicted octanol–water partition coefficient (Wildman–Crippen LogP) is 2.02. The van der Waals surface area contributed by atoms with Gasteiger partial charge in [-0.1, -0.05) is 12.2 Å². The summed E-state index contributed by atoms with van der Waals surface area (Å²) in [7, 11) is 0. The van der Waals surface area contributed by atoms with E-state index in [0.29, 0.717) is 0 Å². The molecule has 0 aliphatic rings. The Kier molecular flexibility index (Phi) is 28.0. The number of halogens is 1. The molecule has 0 amide bonds. The summed E-state index contributed by atoms with van der Waals surface area (Å²) in [6.07, 6.45) is 3.65. The van der Waals surface area contributed by atoms with E-state index in [0.717, 1.165) is 13.1 Å². The molecule has 0 saturated heterocycles. The van der Waals surface area contributed by atoms with Crippen LogP contribution in [0.1, 0.15) is 0 Å². The van der Waals surface area contributed by atoms with E-state index in [1.54, 1.807) is 0 Å². The molecule has 0 atom stereocenters. The van der Waals surface area contributed by atoms with Crippen molar-refractivity contribution in [2.24, 2.45) is 0 Å². The van der Waals surface area contributed by atoms with E-state index < -0.39 is 0 Å². The minimum absolute atomic E-state index is 0. The Labute approximate surface area is 70.1 Å². The Bertz CT molecular complexity index is 58.1. The van der Waals surface area contributed by atoms with E-state index in [1.165, 1.54) is 0 Å². The molecule has 0 unspecified atom stereocenters. The Hall–Kier alpha value is 0.0800. The van der Waals surface area contributed by atoms with Crippen LogP contribution >= 0.6 is 25.9 Å². The van der Waals surface area contributed by atoms with Gasteiger partial charge in [-0.2, -0.15) is 0 Å². The highest BCUT2D eigenvalue weighted by Crippen LogP contribution is 1.59. The number of hydrogen-bond donors (Lipinski definition) is 1. The molecule has 54 valence electrons. The Morgan fingerprint density at radius 3 is 1.67 bits per heavy atom. The molecular weight excluding hydrogens is 154 g/mol. The monoisotopic (exact) mass is 165 g/mol. The molecule has 2 radical (unpaired) electrons. The van der Waals surface area contributed by atoms with Crippen LogP contribution in [0.2, 0.25) is 0 Å². The van der Waals surface area contributed by atoms with E-state index in [9.17, 15) is 0 Å². The molecule has 0 saturated carbocycles. The first-order valence-electron chi connectivity index (χ1n) is 2.34. The van der Waals surface area contributed by atoms with Crippen molar-refractivity contribution >= 4 is 25.9 Å². The lowest BCUT2D eigenvalue weighted by Gasteiger charge is -1.90. The largest absolute Gasteiger partial charge is 0.310 e. The van der Waals surface area contributed by atoms with E-state index in [-0.39, 0.29) is 25.9 Å². The maximum absolute atomic E-state index is 3.54. The van der Waals surface area contributed by atoms with Crippen LogP contribution in [-0.4, -0.2) is 13.1 Å². The number of rotatable bonds is 4. The summed E-state index contributed by atoms with van der Waals surface area (Å²) in [5.41, 5.74) is 0. The quantitative estimate of drug-likeness (QED) is 0.497. The first-order chi connectivity index (χ1) is 3.41. The number of nitrogens with one attached hydrogen (secondary N) is 1. The topological polar surface area (TPSA) is 12.0 Å². The molecule has 0 aliphatic heterocycles. The van der Waals surface area contributed by atoms with Crippen LogP contribution in [0.4, 0.5) is 0 Å². The Balaban J connectivity index is -0.000000180. The molecule has 0 aromatic rings. The van der Waals surface area contributed by atoms with Crippen LogP contribution in [0.3, 0.4) is 0 Å². The molecule has 1 nitrogen and oxygen atoms in total. The van der Waals surface area contributed by atoms with Gasteiger partial charge in [0.1, 0.15) is 0 Å². The normalized spacial score (nSPS) is 6.22. The summed E-state index contributed by atoms with van der Waals surface area (Å²) >= 11 is 0. The molecular formula is C6H12ClNS. The summed E-state index contributed by atoms with van der Waals surface area (Å²) in [4.78, 5) is 0. The lowest BCUT2D eigenvalue weighted by Crippen LogP contribution is -2.11. The molecule has 0 aromatic heterocycles. The molecule has 1 N–H and O–H groups in total. The third-order valence-electron chi connectivity index (χ3n) is 0.577. The highest BCUT2D eigenvalue weighted by atomic mass is 35.5. The fourth-order valence-corrected chi connectivity index (χ4v) is 0.287. The lowest BCUT2D eigenvalue weighted by molar-refractivity contribution is 0.845. The molecule has 0 bridgehead atoms. The summed E-state index contributed by atoms with van der Waals surface area (Å²) in [6, 6.07) is 0. The van der Waals surface area contributed by atoms with E-state index >= 15 is 0 Å². The Morgan fingerprint density at radius 1 is 1.11 bits per heavy atom. The molecule has 0 heterocycles. The summed E-state index contributed by atoms with van der Waals surface area (Å²) < 4.78 is 0. The van der Waals surface area contributed by atoms with Gasteiger partial charge in [0.15, 0.2) is 0 Å². The van der Waals surface area contributed by atoms with Crippen molar-refractivity contribution in [1.82, 2.24) is 5.32 Å². The van der Waals surface area contributed by atoms with Crippen molar-refractivity contribution in [2.45, 2.75) is 0 Å². The van der Waals surface area contributed by atoms with E-state index in [2.05, 4.69) is 18.5 Å². The van der Waals surface area contributed by atoms with Crippen molar-refractivity contribution in [1.29, 1.82) is 0 Å². The van der Waals surface area contributed by atoms with Crippen molar-refractivity contribution in [3.05, 3.63) is 25.3 Å². The standard InChI is InChI=1S/C6H11N.ClH.S/c1-3-5-7-6-4-2;;/h3-4,7H,1-2,5-6H2;1H;. The van der Waals surface area contributed by atoms with Gasteiger partial charge < -0.3 is 5.32 Å². The van der Waals surface area contributed by atoms with Gasteiger partial charge in [0.05, 0.1) is 0 Å². The number of hydrogen-bond acceptors (Lipinski definition) is 1. The average Bonchev–Trinajstić information content (AvgIpc) is 1.69. The van der Waals surface area contributed by atoms with Crippen LogP contribution < -0.4 is 5.32 Å². The van der Waals surface area contributed by atoms with E-state index in [4.69, 9.17) is 0 Å². The van der Waals surface area contributed by atoms with Crippen molar-refractivity contribution in [3.8, 4) is 0 Å². The fourth-order valence-electron chi connectivity index (χ4n) is 0.287. The van der Waals surface area contributed by atoms with Crippen molar-refractivity contribution in [3.63, 3.8) is 0 Å². The predicted molar refractivity (Wildman–Crippen MR) is 48.1 cm³/mol. The Morgan fingerprint density at radius 2 is 1.44 bits per heavy atom. The van der Waals surface area contributed by atoms with Crippen molar-refractivity contribution < 1.29 is 0 Å². The molecule has 0 spiro atoms. The van der Waals surface area contributed by atoms with Gasteiger partial charge in [-0.3, -0.25) is 0 Å². The summed E-state index contributed by atoms with van der Waals surface area (Å²) in [6.45, 7) is 8.81. The smallest absolute Gasteiger partial charge is 0.0135 e. The third kappa shape index (κ3) is 17.9. The van der Waals surface area contributed by atoms with Gasteiger partial charge in [0, 0.05) is 26.6 Å². The summed E-state index contributed by atoms with van der Waals surface area (Å²) in [5.74, 6) is 0. The summed E-state index contributed by atoms with van der Waals surface area (Å²) in [5, 5.41) is 3.05. The molecule has 3 heteroatoms. The molecule has 0 aromatic carbocycles. The maximum atomic E-state index is 3.54. The van der Waals surface area contributed by atoms with Crippen LogP contribution in [0, 0.1) is 0 Å². The second kappa shape index (κ2) is 15.7. The molecule has 9 heavy (non-hydrogen) atoms. The minimum Gasteiger partial charge on any atom is -0.310 e. The highest BCUT2D eigenvalue weighted by molar-refractivity contribution is 7.59. The molecule has 0 aliphatic carbocycles. The van der Waals surface area contributed by atoms with Gasteiger partial charge in [-0.15, -0.1) is 25.6 Å². The lowest BCUT2D eigenvalue weighted by atomic mass is 10.5. The molecule has 0 rings (SSSR count). The van der Waals surface area contributed by atoms with E-state index in [1.807, 2.05) is 12.2 Å². The zero-order valence-corrected chi connectivity index (χ0v) is 6.93. The third-order valence-corrected chi connectivity index (χ3v) is 0.577. The zero-order chi connectivity index (χ0) is 5.54. The average molecular weight is 166 g/mol. The zero-order valence-electron chi connectivity index (χ0n) is 5.30. The second-order valence-corrected chi connectivity index (χ2v) is 1.24.